The summed E-state index contributed by atoms with van der Waals surface area (Å²) in [6.07, 6.45) is 5.77. The van der Waals surface area contributed by atoms with Gasteiger partial charge in [0.1, 0.15) is 0 Å². The van der Waals surface area contributed by atoms with Crippen LogP contribution in [0.3, 0.4) is 0 Å². The minimum atomic E-state index is 0.577. The molecule has 2 unspecified atom stereocenters. The van der Waals surface area contributed by atoms with Crippen LogP contribution in [0.2, 0.25) is 0 Å². The highest BCUT2D eigenvalue weighted by Gasteiger charge is 2.35. The van der Waals surface area contributed by atoms with Crippen LogP contribution in [0.4, 0.5) is 0 Å². The molecular formula is C16H22N2O. The molecule has 0 amide bonds. The van der Waals surface area contributed by atoms with E-state index in [1.54, 1.807) is 0 Å². The average molecular weight is 258 g/mol. The molecule has 1 heterocycles. The summed E-state index contributed by atoms with van der Waals surface area (Å²) < 4.78 is 0. The van der Waals surface area contributed by atoms with E-state index in [-0.39, 0.29) is 0 Å². The first-order valence-corrected chi connectivity index (χ1v) is 7.34. The van der Waals surface area contributed by atoms with Gasteiger partial charge in [-0.15, -0.1) is 0 Å². The van der Waals surface area contributed by atoms with E-state index in [9.17, 15) is 0 Å². The number of hydrogen-bond donors (Lipinski definition) is 1. The monoisotopic (exact) mass is 258 g/mol. The lowest BCUT2D eigenvalue weighted by molar-refractivity contribution is 0.0776. The summed E-state index contributed by atoms with van der Waals surface area (Å²) in [7, 11) is 0. The first-order chi connectivity index (χ1) is 9.36. The number of fused-ring (bicyclic) bond motifs is 1. The molecule has 2 atom stereocenters. The molecule has 1 aliphatic heterocycles. The summed E-state index contributed by atoms with van der Waals surface area (Å²) in [5.41, 5.74) is 2.37. The third kappa shape index (κ3) is 2.81. The van der Waals surface area contributed by atoms with Crippen molar-refractivity contribution in [2.24, 2.45) is 11.1 Å². The third-order valence-corrected chi connectivity index (χ3v) is 4.65. The van der Waals surface area contributed by atoms with E-state index in [2.05, 4.69) is 40.4 Å². The van der Waals surface area contributed by atoms with Crippen LogP contribution < -0.4 is 0 Å². The highest BCUT2D eigenvalue weighted by molar-refractivity contribution is 5.85. The van der Waals surface area contributed by atoms with E-state index in [0.717, 1.165) is 31.0 Å². The SMILES string of the molecule is O/N=C1\CCC2CCCN(Cc3ccccc3)C2C1. The Morgan fingerprint density at radius 1 is 1.21 bits per heavy atom. The maximum absolute atomic E-state index is 9.03. The average Bonchev–Trinajstić information content (AvgIpc) is 2.48. The van der Waals surface area contributed by atoms with Crippen LogP contribution in [0.5, 0.6) is 0 Å². The van der Waals surface area contributed by atoms with Crippen molar-refractivity contribution < 1.29 is 5.21 Å². The Balaban J connectivity index is 1.73. The number of piperidine rings is 1. The lowest BCUT2D eigenvalue weighted by Crippen LogP contribution is -2.48. The number of rotatable bonds is 2. The molecular weight excluding hydrogens is 236 g/mol. The maximum Gasteiger partial charge on any atom is 0.0586 e. The fraction of sp³-hybridized carbons (Fsp3) is 0.562. The molecule has 3 nitrogen and oxygen atoms in total. The van der Waals surface area contributed by atoms with E-state index in [0.29, 0.717) is 6.04 Å². The Morgan fingerprint density at radius 2 is 2.05 bits per heavy atom. The predicted octanol–water partition coefficient (Wildman–Crippen LogP) is 3.28. The Bertz CT molecular complexity index is 443. The molecule has 2 fully saturated rings. The quantitative estimate of drug-likeness (QED) is 0.652. The van der Waals surface area contributed by atoms with Crippen LogP contribution >= 0.6 is 0 Å². The van der Waals surface area contributed by atoms with Crippen molar-refractivity contribution in [2.75, 3.05) is 6.54 Å². The van der Waals surface area contributed by atoms with E-state index < -0.39 is 0 Å². The van der Waals surface area contributed by atoms with Crippen LogP contribution in [-0.2, 0) is 6.54 Å². The second-order valence-electron chi connectivity index (χ2n) is 5.83. The molecule has 0 aromatic heterocycles. The summed E-state index contributed by atoms with van der Waals surface area (Å²) in [5.74, 6) is 0.794. The number of oxime groups is 1. The van der Waals surface area contributed by atoms with Crippen molar-refractivity contribution in [1.29, 1.82) is 0 Å². The van der Waals surface area contributed by atoms with Crippen molar-refractivity contribution in [2.45, 2.75) is 44.7 Å². The van der Waals surface area contributed by atoms with Gasteiger partial charge in [-0.1, -0.05) is 35.5 Å². The third-order valence-electron chi connectivity index (χ3n) is 4.65. The van der Waals surface area contributed by atoms with E-state index in [4.69, 9.17) is 5.21 Å². The van der Waals surface area contributed by atoms with Gasteiger partial charge in [0.05, 0.1) is 5.71 Å². The van der Waals surface area contributed by atoms with Gasteiger partial charge in [0.15, 0.2) is 0 Å². The van der Waals surface area contributed by atoms with Crippen molar-refractivity contribution >= 4 is 5.71 Å². The van der Waals surface area contributed by atoms with Gasteiger partial charge in [0.2, 0.25) is 0 Å². The minimum absolute atomic E-state index is 0.577. The molecule has 2 aliphatic rings. The second kappa shape index (κ2) is 5.74. The number of nitrogens with zero attached hydrogens (tertiary/aromatic N) is 2. The molecule has 1 saturated heterocycles. The lowest BCUT2D eigenvalue weighted by atomic mass is 9.77. The summed E-state index contributed by atoms with van der Waals surface area (Å²) >= 11 is 0. The highest BCUT2D eigenvalue weighted by atomic mass is 16.4. The Labute approximate surface area is 114 Å². The zero-order valence-electron chi connectivity index (χ0n) is 11.3. The van der Waals surface area contributed by atoms with Crippen LogP contribution in [0.1, 0.15) is 37.7 Å². The van der Waals surface area contributed by atoms with E-state index >= 15 is 0 Å². The van der Waals surface area contributed by atoms with Crippen molar-refractivity contribution in [3.8, 4) is 0 Å². The predicted molar refractivity (Wildman–Crippen MR) is 76.4 cm³/mol. The first kappa shape index (κ1) is 12.7. The van der Waals surface area contributed by atoms with Gasteiger partial charge in [-0.3, -0.25) is 4.90 Å². The van der Waals surface area contributed by atoms with Gasteiger partial charge in [0.25, 0.3) is 0 Å². The largest absolute Gasteiger partial charge is 0.411 e. The topological polar surface area (TPSA) is 35.8 Å². The first-order valence-electron chi connectivity index (χ1n) is 7.34. The molecule has 0 radical (unpaired) electrons. The molecule has 0 spiro atoms. The van der Waals surface area contributed by atoms with Gasteiger partial charge in [-0.2, -0.15) is 0 Å². The minimum Gasteiger partial charge on any atom is -0.411 e. The second-order valence-corrected chi connectivity index (χ2v) is 5.83. The van der Waals surface area contributed by atoms with E-state index in [1.165, 1.54) is 31.4 Å². The normalized spacial score (nSPS) is 30.2. The Morgan fingerprint density at radius 3 is 2.84 bits per heavy atom. The fourth-order valence-electron chi connectivity index (χ4n) is 3.65. The molecule has 0 bridgehead atoms. The van der Waals surface area contributed by atoms with Crippen LogP contribution in [-0.4, -0.2) is 28.4 Å². The van der Waals surface area contributed by atoms with Gasteiger partial charge in [-0.25, -0.2) is 0 Å². The zero-order chi connectivity index (χ0) is 13.1. The van der Waals surface area contributed by atoms with E-state index in [1.807, 2.05) is 0 Å². The smallest absolute Gasteiger partial charge is 0.0586 e. The van der Waals surface area contributed by atoms with Crippen molar-refractivity contribution in [1.82, 2.24) is 4.90 Å². The Kier molecular flexibility index (Phi) is 3.83. The number of benzene rings is 1. The molecule has 1 N–H and O–H groups in total. The molecule has 3 heteroatoms. The fourth-order valence-corrected chi connectivity index (χ4v) is 3.65. The van der Waals surface area contributed by atoms with Crippen LogP contribution in [0.25, 0.3) is 0 Å². The Hall–Kier alpha value is -1.35. The lowest BCUT2D eigenvalue weighted by Gasteiger charge is -2.44. The van der Waals surface area contributed by atoms with Gasteiger partial charge < -0.3 is 5.21 Å². The van der Waals surface area contributed by atoms with Crippen molar-refractivity contribution in [3.63, 3.8) is 0 Å². The number of hydrogen-bond acceptors (Lipinski definition) is 3. The van der Waals surface area contributed by atoms with Gasteiger partial charge in [0, 0.05) is 19.0 Å². The van der Waals surface area contributed by atoms with Crippen LogP contribution in [0, 0.1) is 5.92 Å². The highest BCUT2D eigenvalue weighted by Crippen LogP contribution is 2.35. The molecule has 1 saturated carbocycles. The van der Waals surface area contributed by atoms with Gasteiger partial charge >= 0.3 is 0 Å². The standard InChI is InChI=1S/C16H22N2O/c19-17-15-9-8-14-7-4-10-18(16(14)11-15)12-13-5-2-1-3-6-13/h1-3,5-6,14,16,19H,4,7-12H2/b17-15+. The van der Waals surface area contributed by atoms with Gasteiger partial charge in [-0.05, 0) is 43.7 Å². The molecule has 102 valence electrons. The molecule has 19 heavy (non-hydrogen) atoms. The van der Waals surface area contributed by atoms with Crippen LogP contribution in [0.15, 0.2) is 35.5 Å². The summed E-state index contributed by atoms with van der Waals surface area (Å²) in [6.45, 7) is 2.20. The molecule has 1 aliphatic carbocycles. The molecule has 1 aromatic carbocycles. The summed E-state index contributed by atoms with van der Waals surface area (Å²) in [6, 6.07) is 11.3. The zero-order valence-corrected chi connectivity index (χ0v) is 11.3. The number of likely N-dealkylation sites (tertiary alicyclic amines) is 1. The summed E-state index contributed by atoms with van der Waals surface area (Å²) in [5, 5.41) is 12.5. The maximum atomic E-state index is 9.03. The van der Waals surface area contributed by atoms with Crippen molar-refractivity contribution in [3.05, 3.63) is 35.9 Å². The molecule has 3 rings (SSSR count). The summed E-state index contributed by atoms with van der Waals surface area (Å²) in [4.78, 5) is 2.59. The molecule has 1 aromatic rings.